The van der Waals surface area contributed by atoms with Crippen molar-refractivity contribution < 1.29 is 9.53 Å². The maximum Gasteiger partial charge on any atom is 0.234 e. The molecule has 0 radical (unpaired) electrons. The van der Waals surface area contributed by atoms with E-state index in [0.29, 0.717) is 11.7 Å². The topological polar surface area (TPSA) is 64.1 Å². The maximum atomic E-state index is 10.7. The monoisotopic (exact) mass is 195 g/mol. The van der Waals surface area contributed by atoms with Gasteiger partial charge < -0.3 is 10.1 Å². The Labute approximate surface area is 82.5 Å². The lowest BCUT2D eigenvalue weighted by atomic mass is 10.5. The Hall–Kier alpha value is -1.65. The second-order valence-electron chi connectivity index (χ2n) is 3.09. The summed E-state index contributed by atoms with van der Waals surface area (Å²) in [7, 11) is 0. The van der Waals surface area contributed by atoms with E-state index in [9.17, 15) is 4.79 Å². The van der Waals surface area contributed by atoms with Gasteiger partial charge in [-0.3, -0.25) is 9.78 Å². The molecule has 5 heteroatoms. The summed E-state index contributed by atoms with van der Waals surface area (Å²) in [5.74, 6) is 0.628. The first-order valence-corrected chi connectivity index (χ1v) is 4.34. The molecule has 0 atom stereocenters. The Morgan fingerprint density at radius 3 is 2.79 bits per heavy atom. The van der Waals surface area contributed by atoms with Crippen LogP contribution in [0.1, 0.15) is 20.8 Å². The number of ether oxygens (including phenoxy) is 1. The van der Waals surface area contributed by atoms with E-state index in [-0.39, 0.29) is 12.0 Å². The lowest BCUT2D eigenvalue weighted by Gasteiger charge is -2.08. The third-order valence-electron chi connectivity index (χ3n) is 1.27. The summed E-state index contributed by atoms with van der Waals surface area (Å²) < 4.78 is 5.31. The summed E-state index contributed by atoms with van der Waals surface area (Å²) in [5, 5.41) is 2.53. The summed E-state index contributed by atoms with van der Waals surface area (Å²) in [6.07, 6.45) is 3.01. The summed E-state index contributed by atoms with van der Waals surface area (Å²) in [5.41, 5.74) is 0. The highest BCUT2D eigenvalue weighted by Crippen LogP contribution is 2.10. The fraction of sp³-hybridized carbons (Fsp3) is 0.444. The Kier molecular flexibility index (Phi) is 3.39. The number of nitrogens with one attached hydrogen (secondary N) is 1. The van der Waals surface area contributed by atoms with Gasteiger partial charge in [0.25, 0.3) is 0 Å². The van der Waals surface area contributed by atoms with Crippen molar-refractivity contribution in [2.75, 3.05) is 5.32 Å². The smallest absolute Gasteiger partial charge is 0.234 e. The molecule has 76 valence electrons. The number of anilines is 1. The van der Waals surface area contributed by atoms with E-state index < -0.39 is 0 Å². The summed E-state index contributed by atoms with van der Waals surface area (Å²) in [6, 6.07) is 0. The van der Waals surface area contributed by atoms with Crippen LogP contribution < -0.4 is 10.1 Å². The molecular weight excluding hydrogens is 182 g/mol. The van der Waals surface area contributed by atoms with E-state index in [0.717, 1.165) is 0 Å². The van der Waals surface area contributed by atoms with Gasteiger partial charge in [-0.05, 0) is 13.8 Å². The van der Waals surface area contributed by atoms with Gasteiger partial charge in [-0.1, -0.05) is 0 Å². The minimum Gasteiger partial charge on any atom is -0.474 e. The van der Waals surface area contributed by atoms with Crippen molar-refractivity contribution in [1.29, 1.82) is 0 Å². The van der Waals surface area contributed by atoms with Crippen molar-refractivity contribution in [3.05, 3.63) is 12.4 Å². The Morgan fingerprint density at radius 2 is 2.21 bits per heavy atom. The van der Waals surface area contributed by atoms with Crippen molar-refractivity contribution in [3.63, 3.8) is 0 Å². The zero-order valence-electron chi connectivity index (χ0n) is 8.44. The molecule has 5 nitrogen and oxygen atoms in total. The first kappa shape index (κ1) is 10.4. The quantitative estimate of drug-likeness (QED) is 0.787. The number of aromatic nitrogens is 2. The highest BCUT2D eigenvalue weighted by Gasteiger charge is 2.02. The van der Waals surface area contributed by atoms with Crippen molar-refractivity contribution >= 4 is 11.7 Å². The van der Waals surface area contributed by atoms with Crippen LogP contribution in [0.15, 0.2) is 12.4 Å². The molecule has 0 aromatic carbocycles. The highest BCUT2D eigenvalue weighted by atomic mass is 16.5. The Bertz CT molecular complexity index is 326. The number of rotatable bonds is 3. The van der Waals surface area contributed by atoms with E-state index >= 15 is 0 Å². The van der Waals surface area contributed by atoms with E-state index in [1.807, 2.05) is 13.8 Å². The molecule has 0 fully saturated rings. The average molecular weight is 195 g/mol. The standard InChI is InChI=1S/C9H13N3O2/c1-6(2)14-9-5-10-4-8(12-9)11-7(3)13/h4-6H,1-3H3,(H,11,12,13). The number of nitrogens with zero attached hydrogens (tertiary/aromatic N) is 2. The second-order valence-corrected chi connectivity index (χ2v) is 3.09. The van der Waals surface area contributed by atoms with Gasteiger partial charge in [0.05, 0.1) is 18.5 Å². The predicted octanol–water partition coefficient (Wildman–Crippen LogP) is 1.22. The molecule has 1 aromatic rings. The molecule has 0 spiro atoms. The Balaban J connectivity index is 2.73. The third kappa shape index (κ3) is 3.38. The van der Waals surface area contributed by atoms with E-state index in [4.69, 9.17) is 4.74 Å². The van der Waals surface area contributed by atoms with Crippen molar-refractivity contribution in [2.45, 2.75) is 26.9 Å². The van der Waals surface area contributed by atoms with Crippen LogP contribution in [0.4, 0.5) is 5.82 Å². The number of carbonyl (C=O) groups is 1. The first-order valence-electron chi connectivity index (χ1n) is 4.34. The number of hydrogen-bond acceptors (Lipinski definition) is 4. The second kappa shape index (κ2) is 4.55. The molecule has 1 N–H and O–H groups in total. The van der Waals surface area contributed by atoms with E-state index in [1.165, 1.54) is 19.3 Å². The van der Waals surface area contributed by atoms with Gasteiger partial charge in [-0.25, -0.2) is 0 Å². The van der Waals surface area contributed by atoms with Crippen LogP contribution in [-0.4, -0.2) is 22.0 Å². The number of carbonyl (C=O) groups excluding carboxylic acids is 1. The van der Waals surface area contributed by atoms with Gasteiger partial charge in [-0.15, -0.1) is 0 Å². The summed E-state index contributed by atoms with van der Waals surface area (Å²) in [4.78, 5) is 18.7. The van der Waals surface area contributed by atoms with Crippen molar-refractivity contribution in [2.24, 2.45) is 0 Å². The van der Waals surface area contributed by atoms with Crippen LogP contribution in [0.25, 0.3) is 0 Å². The van der Waals surface area contributed by atoms with E-state index in [1.54, 1.807) is 0 Å². The van der Waals surface area contributed by atoms with Gasteiger partial charge in [0.1, 0.15) is 0 Å². The van der Waals surface area contributed by atoms with Gasteiger partial charge in [0, 0.05) is 6.92 Å². The molecular formula is C9H13N3O2. The average Bonchev–Trinajstić information content (AvgIpc) is 2.01. The van der Waals surface area contributed by atoms with Crippen molar-refractivity contribution in [1.82, 2.24) is 9.97 Å². The fourth-order valence-corrected chi connectivity index (χ4v) is 0.887. The largest absolute Gasteiger partial charge is 0.474 e. The Morgan fingerprint density at radius 1 is 1.50 bits per heavy atom. The molecule has 0 aliphatic heterocycles. The molecule has 0 aliphatic carbocycles. The molecule has 0 unspecified atom stereocenters. The molecule has 0 saturated carbocycles. The zero-order chi connectivity index (χ0) is 10.6. The van der Waals surface area contributed by atoms with Crippen LogP contribution in [0, 0.1) is 0 Å². The molecule has 14 heavy (non-hydrogen) atoms. The molecule has 0 aliphatic rings. The minimum atomic E-state index is -0.180. The predicted molar refractivity (Wildman–Crippen MR) is 52.1 cm³/mol. The molecule has 1 heterocycles. The molecule has 1 rings (SSSR count). The SMILES string of the molecule is CC(=O)Nc1cncc(OC(C)C)n1. The van der Waals surface area contributed by atoms with Gasteiger partial charge >= 0.3 is 0 Å². The third-order valence-corrected chi connectivity index (χ3v) is 1.27. The number of amides is 1. The summed E-state index contributed by atoms with van der Waals surface area (Å²) >= 11 is 0. The van der Waals surface area contributed by atoms with E-state index in [2.05, 4.69) is 15.3 Å². The number of hydrogen-bond donors (Lipinski definition) is 1. The normalized spacial score (nSPS) is 10.0. The van der Waals surface area contributed by atoms with Crippen LogP contribution in [0.3, 0.4) is 0 Å². The van der Waals surface area contributed by atoms with Gasteiger partial charge in [0.2, 0.25) is 11.8 Å². The van der Waals surface area contributed by atoms with Gasteiger partial charge in [0.15, 0.2) is 5.82 Å². The molecule has 1 aromatic heterocycles. The summed E-state index contributed by atoms with van der Waals surface area (Å²) in [6.45, 7) is 5.21. The lowest BCUT2D eigenvalue weighted by Crippen LogP contribution is -2.11. The van der Waals surface area contributed by atoms with Crippen molar-refractivity contribution in [3.8, 4) is 5.88 Å². The maximum absolute atomic E-state index is 10.7. The molecule has 0 saturated heterocycles. The molecule has 0 bridgehead atoms. The minimum absolute atomic E-state index is 0.0388. The lowest BCUT2D eigenvalue weighted by molar-refractivity contribution is -0.114. The van der Waals surface area contributed by atoms with Crippen LogP contribution in [0.5, 0.6) is 5.88 Å². The van der Waals surface area contributed by atoms with Crippen LogP contribution in [0.2, 0.25) is 0 Å². The zero-order valence-corrected chi connectivity index (χ0v) is 8.44. The molecule has 1 amide bonds. The first-order chi connectivity index (χ1) is 6.58. The van der Waals surface area contributed by atoms with Gasteiger partial charge in [-0.2, -0.15) is 4.98 Å². The fourth-order valence-electron chi connectivity index (χ4n) is 0.887. The highest BCUT2D eigenvalue weighted by molar-refractivity contribution is 5.87. The van der Waals surface area contributed by atoms with Crippen LogP contribution in [-0.2, 0) is 4.79 Å². The van der Waals surface area contributed by atoms with Crippen LogP contribution >= 0.6 is 0 Å².